The SMILES string of the molecule is CCNC(CCOc1ccccc1)c1sccc1Br. The van der Waals surface area contributed by atoms with Crippen molar-refractivity contribution in [2.75, 3.05) is 13.2 Å². The molecule has 0 fully saturated rings. The smallest absolute Gasteiger partial charge is 0.119 e. The molecule has 1 unspecified atom stereocenters. The molecule has 0 bridgehead atoms. The van der Waals surface area contributed by atoms with Crippen molar-refractivity contribution in [2.45, 2.75) is 19.4 Å². The molecule has 19 heavy (non-hydrogen) atoms. The summed E-state index contributed by atoms with van der Waals surface area (Å²) in [5.41, 5.74) is 0. The fourth-order valence-electron chi connectivity index (χ4n) is 1.94. The van der Waals surface area contributed by atoms with Gasteiger partial charge in [-0.25, -0.2) is 0 Å². The normalized spacial score (nSPS) is 12.3. The Morgan fingerprint density at radius 2 is 2.05 bits per heavy atom. The minimum absolute atomic E-state index is 0.350. The van der Waals surface area contributed by atoms with Crippen LogP contribution in [0.5, 0.6) is 5.75 Å². The molecule has 0 saturated heterocycles. The van der Waals surface area contributed by atoms with Gasteiger partial charge in [-0.15, -0.1) is 11.3 Å². The monoisotopic (exact) mass is 339 g/mol. The van der Waals surface area contributed by atoms with Crippen LogP contribution in [0.3, 0.4) is 0 Å². The summed E-state index contributed by atoms with van der Waals surface area (Å²) in [6, 6.07) is 12.4. The Bertz CT molecular complexity index is 486. The molecule has 1 atom stereocenters. The minimum Gasteiger partial charge on any atom is -0.494 e. The first-order chi connectivity index (χ1) is 9.31. The van der Waals surface area contributed by atoms with Crippen LogP contribution in [0.4, 0.5) is 0 Å². The average molecular weight is 340 g/mol. The second-order valence-electron chi connectivity index (χ2n) is 4.19. The quantitative estimate of drug-likeness (QED) is 0.793. The Balaban J connectivity index is 1.89. The van der Waals surface area contributed by atoms with Gasteiger partial charge in [0, 0.05) is 21.8 Å². The van der Waals surface area contributed by atoms with E-state index in [0.717, 1.165) is 18.7 Å². The molecule has 0 spiro atoms. The van der Waals surface area contributed by atoms with Gasteiger partial charge in [0.1, 0.15) is 5.75 Å². The highest BCUT2D eigenvalue weighted by atomic mass is 79.9. The Morgan fingerprint density at radius 3 is 2.68 bits per heavy atom. The summed E-state index contributed by atoms with van der Waals surface area (Å²) < 4.78 is 6.95. The van der Waals surface area contributed by atoms with Crippen molar-refractivity contribution in [1.82, 2.24) is 5.32 Å². The molecule has 4 heteroatoms. The van der Waals surface area contributed by atoms with Gasteiger partial charge in [0.2, 0.25) is 0 Å². The molecule has 0 saturated carbocycles. The van der Waals surface area contributed by atoms with E-state index in [0.29, 0.717) is 12.6 Å². The predicted molar refractivity (Wildman–Crippen MR) is 85.0 cm³/mol. The van der Waals surface area contributed by atoms with E-state index in [9.17, 15) is 0 Å². The van der Waals surface area contributed by atoms with Crippen LogP contribution >= 0.6 is 27.3 Å². The number of benzene rings is 1. The largest absolute Gasteiger partial charge is 0.494 e. The van der Waals surface area contributed by atoms with E-state index in [-0.39, 0.29) is 0 Å². The van der Waals surface area contributed by atoms with Crippen LogP contribution in [0.25, 0.3) is 0 Å². The van der Waals surface area contributed by atoms with Gasteiger partial charge in [-0.05, 0) is 46.1 Å². The molecule has 0 radical (unpaired) electrons. The highest BCUT2D eigenvalue weighted by molar-refractivity contribution is 9.10. The van der Waals surface area contributed by atoms with E-state index in [4.69, 9.17) is 4.74 Å². The van der Waals surface area contributed by atoms with Crippen molar-refractivity contribution >= 4 is 27.3 Å². The van der Waals surface area contributed by atoms with Gasteiger partial charge < -0.3 is 10.1 Å². The Hall–Kier alpha value is -0.840. The molecule has 1 aromatic heterocycles. The molecule has 102 valence electrons. The number of ether oxygens (including phenoxy) is 1. The van der Waals surface area contributed by atoms with Gasteiger partial charge >= 0.3 is 0 Å². The number of nitrogens with one attached hydrogen (secondary N) is 1. The molecule has 2 nitrogen and oxygen atoms in total. The molecule has 1 aromatic carbocycles. The van der Waals surface area contributed by atoms with Crippen molar-refractivity contribution in [3.8, 4) is 5.75 Å². The summed E-state index contributed by atoms with van der Waals surface area (Å²) in [5.74, 6) is 0.933. The van der Waals surface area contributed by atoms with Gasteiger partial charge in [0.25, 0.3) is 0 Å². The number of para-hydroxylation sites is 1. The highest BCUT2D eigenvalue weighted by Gasteiger charge is 2.14. The molecule has 0 aliphatic carbocycles. The molecule has 1 heterocycles. The second-order valence-corrected chi connectivity index (χ2v) is 6.00. The van der Waals surface area contributed by atoms with Crippen molar-refractivity contribution in [3.63, 3.8) is 0 Å². The van der Waals surface area contributed by atoms with Crippen molar-refractivity contribution in [3.05, 3.63) is 51.1 Å². The lowest BCUT2D eigenvalue weighted by Gasteiger charge is -2.17. The number of rotatable bonds is 7. The summed E-state index contributed by atoms with van der Waals surface area (Å²) in [6.45, 7) is 3.80. The minimum atomic E-state index is 0.350. The summed E-state index contributed by atoms with van der Waals surface area (Å²) >= 11 is 5.38. The molecule has 2 rings (SSSR count). The zero-order valence-corrected chi connectivity index (χ0v) is 13.3. The van der Waals surface area contributed by atoms with E-state index >= 15 is 0 Å². The van der Waals surface area contributed by atoms with Gasteiger partial charge in [-0.3, -0.25) is 0 Å². The number of halogens is 1. The number of thiophene rings is 1. The third-order valence-corrected chi connectivity index (χ3v) is 4.81. The number of hydrogen-bond donors (Lipinski definition) is 1. The Morgan fingerprint density at radius 1 is 1.26 bits per heavy atom. The summed E-state index contributed by atoms with van der Waals surface area (Å²) in [6.07, 6.45) is 0.960. The molecule has 0 aliphatic heterocycles. The van der Waals surface area contributed by atoms with Gasteiger partial charge in [0.05, 0.1) is 6.61 Å². The van der Waals surface area contributed by atoms with Crippen molar-refractivity contribution < 1.29 is 4.74 Å². The van der Waals surface area contributed by atoms with Crippen LogP contribution in [0.2, 0.25) is 0 Å². The zero-order valence-electron chi connectivity index (χ0n) is 10.9. The first-order valence-corrected chi connectivity index (χ1v) is 8.12. The van der Waals surface area contributed by atoms with E-state index in [1.54, 1.807) is 11.3 Å². The Kier molecular flexibility index (Phi) is 5.89. The zero-order chi connectivity index (χ0) is 13.5. The third-order valence-electron chi connectivity index (χ3n) is 2.83. The fraction of sp³-hybridized carbons (Fsp3) is 0.333. The van der Waals surface area contributed by atoms with E-state index in [1.165, 1.54) is 9.35 Å². The number of hydrogen-bond acceptors (Lipinski definition) is 3. The maximum absolute atomic E-state index is 5.77. The van der Waals surface area contributed by atoms with Crippen molar-refractivity contribution in [1.29, 1.82) is 0 Å². The van der Waals surface area contributed by atoms with Gasteiger partial charge in [-0.1, -0.05) is 25.1 Å². The van der Waals surface area contributed by atoms with Crippen LogP contribution in [0, 0.1) is 0 Å². The van der Waals surface area contributed by atoms with Crippen LogP contribution in [0.15, 0.2) is 46.3 Å². The van der Waals surface area contributed by atoms with Crippen LogP contribution in [0.1, 0.15) is 24.3 Å². The first kappa shape index (κ1) is 14.6. The highest BCUT2D eigenvalue weighted by Crippen LogP contribution is 2.30. The maximum Gasteiger partial charge on any atom is 0.119 e. The van der Waals surface area contributed by atoms with E-state index in [2.05, 4.69) is 39.6 Å². The standard InChI is InChI=1S/C15H18BrNOS/c1-2-17-14(15-13(16)9-11-19-15)8-10-18-12-6-4-3-5-7-12/h3-7,9,11,14,17H,2,8,10H2,1H3. The van der Waals surface area contributed by atoms with Gasteiger partial charge in [-0.2, -0.15) is 0 Å². The third kappa shape index (κ3) is 4.34. The molecule has 0 amide bonds. The van der Waals surface area contributed by atoms with E-state index in [1.807, 2.05) is 30.3 Å². The summed E-state index contributed by atoms with van der Waals surface area (Å²) in [5, 5.41) is 5.63. The molecule has 0 aliphatic rings. The first-order valence-electron chi connectivity index (χ1n) is 6.45. The van der Waals surface area contributed by atoms with E-state index < -0.39 is 0 Å². The lowest BCUT2D eigenvalue weighted by molar-refractivity contribution is 0.288. The molecule has 1 N–H and O–H groups in total. The lowest BCUT2D eigenvalue weighted by atomic mass is 10.2. The van der Waals surface area contributed by atoms with Crippen LogP contribution in [-0.4, -0.2) is 13.2 Å². The lowest BCUT2D eigenvalue weighted by Crippen LogP contribution is -2.22. The molecular formula is C15H18BrNOS. The van der Waals surface area contributed by atoms with Crippen LogP contribution in [-0.2, 0) is 0 Å². The maximum atomic E-state index is 5.77. The van der Waals surface area contributed by atoms with Crippen LogP contribution < -0.4 is 10.1 Å². The van der Waals surface area contributed by atoms with Crippen molar-refractivity contribution in [2.24, 2.45) is 0 Å². The summed E-state index contributed by atoms with van der Waals surface area (Å²) in [4.78, 5) is 1.35. The topological polar surface area (TPSA) is 21.3 Å². The molecular weight excluding hydrogens is 322 g/mol. The average Bonchev–Trinajstić information content (AvgIpc) is 2.85. The second kappa shape index (κ2) is 7.68. The van der Waals surface area contributed by atoms with Gasteiger partial charge in [0.15, 0.2) is 0 Å². The predicted octanol–water partition coefficient (Wildman–Crippen LogP) is 4.63. The fourth-order valence-corrected chi connectivity index (χ4v) is 3.70. The summed E-state index contributed by atoms with van der Waals surface area (Å²) in [7, 11) is 0. The molecule has 2 aromatic rings. The Labute approximate surface area is 126 Å².